The van der Waals surface area contributed by atoms with Crippen molar-refractivity contribution >= 4 is 18.0 Å². The van der Waals surface area contributed by atoms with Gasteiger partial charge in [-0.2, -0.15) is 8.78 Å². The first-order valence-corrected chi connectivity index (χ1v) is 4.52. The van der Waals surface area contributed by atoms with Gasteiger partial charge in [0, 0.05) is 10.5 Å². The molecule has 0 fully saturated rings. The quantitative estimate of drug-likeness (QED) is 0.553. The summed E-state index contributed by atoms with van der Waals surface area (Å²) in [5.74, 6) is -2.48. The highest BCUT2D eigenvalue weighted by atomic mass is 32.2. The molecule has 0 N–H and O–H groups in total. The van der Waals surface area contributed by atoms with Crippen LogP contribution in [0.25, 0.3) is 0 Å². The average molecular weight is 202 g/mol. The Kier molecular flexibility index (Phi) is 3.42. The van der Waals surface area contributed by atoms with E-state index in [0.29, 0.717) is 28.5 Å². The van der Waals surface area contributed by atoms with E-state index in [9.17, 15) is 13.6 Å². The molecule has 13 heavy (non-hydrogen) atoms. The number of thioether (sulfide) groups is 1. The van der Waals surface area contributed by atoms with E-state index in [4.69, 9.17) is 0 Å². The molecule has 1 aromatic carbocycles. The van der Waals surface area contributed by atoms with Gasteiger partial charge in [0.05, 0.1) is 0 Å². The van der Waals surface area contributed by atoms with Crippen LogP contribution in [0.1, 0.15) is 15.9 Å². The van der Waals surface area contributed by atoms with Gasteiger partial charge in [0.25, 0.3) is 5.76 Å². The van der Waals surface area contributed by atoms with Crippen molar-refractivity contribution in [3.8, 4) is 0 Å². The van der Waals surface area contributed by atoms with Gasteiger partial charge in [0.15, 0.2) is 6.29 Å². The molecule has 1 rings (SSSR count). The van der Waals surface area contributed by atoms with Crippen LogP contribution in [0.4, 0.5) is 8.78 Å². The number of aryl methyl sites for hydroxylation is 1. The van der Waals surface area contributed by atoms with Crippen LogP contribution in [0.5, 0.6) is 0 Å². The van der Waals surface area contributed by atoms with E-state index in [1.165, 1.54) is 6.07 Å². The number of halogens is 2. The number of carbonyl (C=O) groups excluding carboxylic acids is 1. The lowest BCUT2D eigenvalue weighted by atomic mass is 10.2. The summed E-state index contributed by atoms with van der Waals surface area (Å²) in [5.41, 5.74) is 1.21. The standard InChI is InChI=1S/C9H8F2OS/c1-6-2-3-8(13-9(10)11)7(4-6)5-12/h2-5,9H,1H3. The normalized spacial score (nSPS) is 10.5. The number of rotatable bonds is 3. The Morgan fingerprint density at radius 2 is 2.15 bits per heavy atom. The first kappa shape index (κ1) is 10.2. The summed E-state index contributed by atoms with van der Waals surface area (Å²) in [7, 11) is 0. The smallest absolute Gasteiger partial charge is 0.288 e. The fourth-order valence-corrected chi connectivity index (χ4v) is 1.54. The maximum atomic E-state index is 12.0. The first-order chi connectivity index (χ1) is 6.13. The molecule has 1 nitrogen and oxygen atoms in total. The third kappa shape index (κ3) is 2.81. The van der Waals surface area contributed by atoms with Gasteiger partial charge in [0.2, 0.25) is 0 Å². The molecule has 0 aliphatic carbocycles. The average Bonchev–Trinajstić information content (AvgIpc) is 2.07. The van der Waals surface area contributed by atoms with Crippen LogP contribution in [0.15, 0.2) is 23.1 Å². The van der Waals surface area contributed by atoms with Crippen LogP contribution in [0.2, 0.25) is 0 Å². The van der Waals surface area contributed by atoms with E-state index in [2.05, 4.69) is 0 Å². The molecule has 0 aliphatic rings. The zero-order valence-corrected chi connectivity index (χ0v) is 7.78. The lowest BCUT2D eigenvalue weighted by molar-refractivity contribution is 0.112. The van der Waals surface area contributed by atoms with Crippen LogP contribution >= 0.6 is 11.8 Å². The minimum absolute atomic E-state index is 0.324. The maximum absolute atomic E-state index is 12.0. The van der Waals surface area contributed by atoms with Gasteiger partial charge < -0.3 is 0 Å². The predicted octanol–water partition coefficient (Wildman–Crippen LogP) is 3.12. The van der Waals surface area contributed by atoms with E-state index in [1.807, 2.05) is 6.92 Å². The minimum Gasteiger partial charge on any atom is -0.298 e. The Bertz CT molecular complexity index is 312. The third-order valence-electron chi connectivity index (χ3n) is 1.51. The summed E-state index contributed by atoms with van der Waals surface area (Å²) < 4.78 is 24.0. The summed E-state index contributed by atoms with van der Waals surface area (Å²) in [6.45, 7) is 1.81. The fraction of sp³-hybridized carbons (Fsp3) is 0.222. The monoisotopic (exact) mass is 202 g/mol. The molecular weight excluding hydrogens is 194 g/mol. The SMILES string of the molecule is Cc1ccc(SC(F)F)c(C=O)c1. The maximum Gasteiger partial charge on any atom is 0.288 e. The molecule has 70 valence electrons. The second-order valence-electron chi connectivity index (χ2n) is 2.54. The molecule has 0 bridgehead atoms. The second-order valence-corrected chi connectivity index (χ2v) is 3.57. The van der Waals surface area contributed by atoms with Gasteiger partial charge in [-0.05, 0) is 19.1 Å². The van der Waals surface area contributed by atoms with Crippen LogP contribution in [-0.2, 0) is 0 Å². The summed E-state index contributed by atoms with van der Waals surface area (Å²) in [5, 5.41) is 0. The van der Waals surface area contributed by atoms with Gasteiger partial charge in [-0.1, -0.05) is 23.4 Å². The lowest BCUT2D eigenvalue weighted by Crippen LogP contribution is -1.89. The summed E-state index contributed by atoms with van der Waals surface area (Å²) >= 11 is 0.394. The lowest BCUT2D eigenvalue weighted by Gasteiger charge is -2.03. The predicted molar refractivity (Wildman–Crippen MR) is 48.4 cm³/mol. The van der Waals surface area contributed by atoms with Crippen molar-refractivity contribution in [1.82, 2.24) is 0 Å². The van der Waals surface area contributed by atoms with Gasteiger partial charge in [-0.25, -0.2) is 0 Å². The van der Waals surface area contributed by atoms with E-state index in [0.717, 1.165) is 5.56 Å². The Hall–Kier alpha value is -0.900. The van der Waals surface area contributed by atoms with Crippen molar-refractivity contribution in [2.45, 2.75) is 17.6 Å². The number of hydrogen-bond acceptors (Lipinski definition) is 2. The molecule has 0 unspecified atom stereocenters. The van der Waals surface area contributed by atoms with Crippen LogP contribution in [0, 0.1) is 6.92 Å². The molecule has 0 amide bonds. The van der Waals surface area contributed by atoms with Crippen molar-refractivity contribution in [3.63, 3.8) is 0 Å². The van der Waals surface area contributed by atoms with Crippen LogP contribution in [0.3, 0.4) is 0 Å². The van der Waals surface area contributed by atoms with Crippen molar-refractivity contribution in [3.05, 3.63) is 29.3 Å². The van der Waals surface area contributed by atoms with E-state index in [1.54, 1.807) is 12.1 Å². The van der Waals surface area contributed by atoms with Gasteiger partial charge in [-0.3, -0.25) is 4.79 Å². The van der Waals surface area contributed by atoms with Crippen LogP contribution in [-0.4, -0.2) is 12.0 Å². The molecule has 0 radical (unpaired) electrons. The Labute approximate surface area is 79.1 Å². The van der Waals surface area contributed by atoms with E-state index >= 15 is 0 Å². The van der Waals surface area contributed by atoms with Crippen molar-refractivity contribution < 1.29 is 13.6 Å². The van der Waals surface area contributed by atoms with Crippen molar-refractivity contribution in [1.29, 1.82) is 0 Å². The zero-order chi connectivity index (χ0) is 9.84. The molecule has 4 heteroatoms. The Morgan fingerprint density at radius 1 is 1.46 bits per heavy atom. The largest absolute Gasteiger partial charge is 0.298 e. The fourth-order valence-electron chi connectivity index (χ4n) is 0.963. The van der Waals surface area contributed by atoms with Gasteiger partial charge >= 0.3 is 0 Å². The molecule has 0 aromatic heterocycles. The molecule has 0 aliphatic heterocycles. The summed E-state index contributed by atoms with van der Waals surface area (Å²) in [6, 6.07) is 4.84. The molecule has 0 atom stereocenters. The number of aldehydes is 1. The molecule has 0 spiro atoms. The highest BCUT2D eigenvalue weighted by Crippen LogP contribution is 2.28. The molecule has 0 heterocycles. The zero-order valence-electron chi connectivity index (χ0n) is 6.96. The second kappa shape index (κ2) is 4.37. The number of alkyl halides is 2. The number of carbonyl (C=O) groups is 1. The Balaban J connectivity index is 2.99. The van der Waals surface area contributed by atoms with Crippen LogP contribution < -0.4 is 0 Å². The van der Waals surface area contributed by atoms with E-state index in [-0.39, 0.29) is 0 Å². The van der Waals surface area contributed by atoms with Gasteiger partial charge in [0.1, 0.15) is 0 Å². The first-order valence-electron chi connectivity index (χ1n) is 3.64. The number of benzene rings is 1. The molecule has 0 saturated heterocycles. The van der Waals surface area contributed by atoms with Crippen molar-refractivity contribution in [2.24, 2.45) is 0 Å². The van der Waals surface area contributed by atoms with Crippen molar-refractivity contribution in [2.75, 3.05) is 0 Å². The highest BCUT2D eigenvalue weighted by Gasteiger charge is 2.09. The Morgan fingerprint density at radius 3 is 2.69 bits per heavy atom. The molecule has 1 aromatic rings. The molecule has 0 saturated carbocycles. The molecular formula is C9H8F2OS. The van der Waals surface area contributed by atoms with E-state index < -0.39 is 5.76 Å². The summed E-state index contributed by atoms with van der Waals surface area (Å²) in [4.78, 5) is 10.8. The topological polar surface area (TPSA) is 17.1 Å². The number of hydrogen-bond donors (Lipinski definition) is 0. The third-order valence-corrected chi connectivity index (χ3v) is 2.31. The van der Waals surface area contributed by atoms with Gasteiger partial charge in [-0.15, -0.1) is 0 Å². The summed E-state index contributed by atoms with van der Waals surface area (Å²) in [6.07, 6.45) is 0.595. The highest BCUT2D eigenvalue weighted by molar-refractivity contribution is 7.99. The minimum atomic E-state index is -2.48.